The second kappa shape index (κ2) is 10.8. The zero-order valence-electron chi connectivity index (χ0n) is 20.4. The van der Waals surface area contributed by atoms with Crippen LogP contribution in [0.3, 0.4) is 0 Å². The molecule has 4 nitrogen and oxygen atoms in total. The molecule has 164 valence electrons. The normalized spacial score (nSPS) is 14.7. The van der Waals surface area contributed by atoms with Gasteiger partial charge in [-0.1, -0.05) is 0 Å². The van der Waals surface area contributed by atoms with E-state index in [9.17, 15) is 0 Å². The average molecular weight is 484 g/mol. The third-order valence-corrected chi connectivity index (χ3v) is 20.1. The summed E-state index contributed by atoms with van der Waals surface area (Å²) in [5.41, 5.74) is -1.13. The van der Waals surface area contributed by atoms with E-state index in [0.29, 0.717) is 0 Å². The molecule has 0 radical (unpaired) electrons. The van der Waals surface area contributed by atoms with Crippen LogP contribution in [0, 0.1) is 0 Å². The summed E-state index contributed by atoms with van der Waals surface area (Å²) in [5, 5.41) is 0. The fourth-order valence-electron chi connectivity index (χ4n) is 3.41. The van der Waals surface area contributed by atoms with Crippen LogP contribution in [-0.2, 0) is 33.0 Å². The molecule has 0 unspecified atom stereocenters. The summed E-state index contributed by atoms with van der Waals surface area (Å²) in [7, 11) is -2.01. The molecule has 0 spiro atoms. The van der Waals surface area contributed by atoms with Gasteiger partial charge in [0.2, 0.25) is 0 Å². The molecule has 0 aromatic rings. The Labute approximate surface area is 178 Å². The summed E-state index contributed by atoms with van der Waals surface area (Å²) < 4.78 is 27.1. The summed E-state index contributed by atoms with van der Waals surface area (Å²) in [5.74, 6) is 0. The molecule has 0 heterocycles. The Bertz CT molecular complexity index is 364. The van der Waals surface area contributed by atoms with Gasteiger partial charge in [-0.2, -0.15) is 0 Å². The predicted octanol–water partition coefficient (Wildman–Crippen LogP) is 7.44. The molecular weight excluding hydrogens is 436 g/mol. The van der Waals surface area contributed by atoms with E-state index in [4.69, 9.17) is 10.9 Å². The van der Waals surface area contributed by atoms with Gasteiger partial charge in [0, 0.05) is 0 Å². The maximum atomic E-state index is 7.16. The van der Waals surface area contributed by atoms with Crippen molar-refractivity contribution in [3.8, 4) is 0 Å². The van der Waals surface area contributed by atoms with Crippen molar-refractivity contribution in [1.82, 2.24) is 0 Å². The van der Waals surface area contributed by atoms with Crippen LogP contribution >= 0.6 is 0 Å². The van der Waals surface area contributed by atoms with E-state index >= 15 is 0 Å². The van der Waals surface area contributed by atoms with Gasteiger partial charge < -0.3 is 0 Å². The van der Waals surface area contributed by atoms with Gasteiger partial charge in [0.1, 0.15) is 0 Å². The van der Waals surface area contributed by atoms with E-state index in [1.807, 2.05) is 0 Å². The molecule has 0 aliphatic heterocycles. The van der Waals surface area contributed by atoms with E-state index in [2.05, 4.69) is 83.1 Å². The van der Waals surface area contributed by atoms with Crippen LogP contribution < -0.4 is 0 Å². The first-order valence-corrected chi connectivity index (χ1v) is 17.4. The quantitative estimate of drug-likeness (QED) is 0.286. The zero-order chi connectivity index (χ0) is 21.6. The van der Waals surface area contributed by atoms with E-state index in [1.54, 1.807) is 0 Å². The van der Waals surface area contributed by atoms with Crippen LogP contribution in [-0.4, -0.2) is 25.1 Å². The summed E-state index contributed by atoms with van der Waals surface area (Å²) in [6.07, 6.45) is 3.40. The van der Waals surface area contributed by atoms with Gasteiger partial charge in [-0.3, -0.25) is 0 Å². The fraction of sp³-hybridized carbons (Fsp3) is 1.00. The van der Waals surface area contributed by atoms with Crippen LogP contribution in [0.15, 0.2) is 0 Å². The van der Waals surface area contributed by atoms with Crippen molar-refractivity contribution in [3.05, 3.63) is 0 Å². The standard InChI is InChI=1S/C9H21OSi.3C4H9O.Zr/c1-4-7-11(10,8-5-2)9-6-3;3*1-4(2,3)5;/h4-9H2,1-3H3;3*1-3H3;/q4*-1;+4. The Morgan fingerprint density at radius 1 is 0.556 bits per heavy atom. The van der Waals surface area contributed by atoms with E-state index in [0.717, 1.165) is 37.4 Å². The van der Waals surface area contributed by atoms with E-state index < -0.39 is 30.3 Å². The van der Waals surface area contributed by atoms with Crippen molar-refractivity contribution in [1.29, 1.82) is 0 Å². The molecule has 27 heavy (non-hydrogen) atoms. The first-order valence-electron chi connectivity index (χ1n) is 10.8. The third kappa shape index (κ3) is 12.3. The average Bonchev–Trinajstić information content (AvgIpc) is 2.31. The van der Waals surface area contributed by atoms with E-state index in [1.165, 1.54) is 0 Å². The summed E-state index contributed by atoms with van der Waals surface area (Å²) >= 11 is -4.35. The molecule has 0 fully saturated rings. The van der Waals surface area contributed by atoms with Crippen molar-refractivity contribution in [2.75, 3.05) is 0 Å². The van der Waals surface area contributed by atoms with Gasteiger partial charge in [-0.05, 0) is 0 Å². The second-order valence-corrected chi connectivity index (χ2v) is 20.2. The van der Waals surface area contributed by atoms with Gasteiger partial charge >= 0.3 is 179 Å². The Hall–Kier alpha value is 0.940. The predicted molar refractivity (Wildman–Crippen MR) is 115 cm³/mol. The van der Waals surface area contributed by atoms with Crippen molar-refractivity contribution in [3.63, 3.8) is 0 Å². The van der Waals surface area contributed by atoms with Crippen molar-refractivity contribution < 1.29 is 33.0 Å². The monoisotopic (exact) mass is 482 g/mol. The van der Waals surface area contributed by atoms with Crippen LogP contribution in [0.25, 0.3) is 0 Å². The fourth-order valence-corrected chi connectivity index (χ4v) is 20.8. The Morgan fingerprint density at radius 2 is 0.815 bits per heavy atom. The molecule has 0 saturated heterocycles. The molecule has 0 aromatic heterocycles. The second-order valence-electron chi connectivity index (χ2n) is 10.7. The minimum atomic E-state index is -4.35. The maximum absolute atomic E-state index is 7.16. The molecule has 0 atom stereocenters. The molecule has 0 rings (SSSR count). The Morgan fingerprint density at radius 3 is 1.00 bits per heavy atom. The topological polar surface area (TPSA) is 36.9 Å². The molecule has 0 aliphatic rings. The van der Waals surface area contributed by atoms with Crippen molar-refractivity contribution >= 4 is 8.32 Å². The number of hydrogen-bond donors (Lipinski definition) is 0. The van der Waals surface area contributed by atoms with Gasteiger partial charge in [-0.25, -0.2) is 0 Å². The van der Waals surface area contributed by atoms with Crippen molar-refractivity contribution in [2.24, 2.45) is 0 Å². The molecule has 6 heteroatoms. The van der Waals surface area contributed by atoms with Crippen molar-refractivity contribution in [2.45, 2.75) is 137 Å². The SMILES string of the molecule is CCC[Si](CCC)(CCC)[O][Zr]([O]C(C)(C)C)([O]C(C)(C)C)[O]C(C)(C)C. The summed E-state index contributed by atoms with van der Waals surface area (Å²) in [6, 6.07) is 3.42. The first-order chi connectivity index (χ1) is 12.0. The third-order valence-electron chi connectivity index (χ3n) is 3.75. The van der Waals surface area contributed by atoms with Gasteiger partial charge in [-0.15, -0.1) is 0 Å². The summed E-state index contributed by atoms with van der Waals surface area (Å²) in [6.45, 7) is 25.4. The van der Waals surface area contributed by atoms with Gasteiger partial charge in [0.05, 0.1) is 0 Å². The van der Waals surface area contributed by atoms with Crippen LogP contribution in [0.4, 0.5) is 0 Å². The van der Waals surface area contributed by atoms with Crippen LogP contribution in [0.1, 0.15) is 102 Å². The van der Waals surface area contributed by atoms with Crippen LogP contribution in [0.5, 0.6) is 0 Å². The van der Waals surface area contributed by atoms with Gasteiger partial charge in [0.15, 0.2) is 0 Å². The molecule has 0 amide bonds. The first kappa shape index (κ1) is 27.9. The zero-order valence-corrected chi connectivity index (χ0v) is 23.8. The van der Waals surface area contributed by atoms with Gasteiger partial charge in [0.25, 0.3) is 0 Å². The molecule has 0 aromatic carbocycles. The Balaban J connectivity index is 6.27. The number of hydrogen-bond acceptors (Lipinski definition) is 4. The molecule has 0 N–H and O–H groups in total. The van der Waals surface area contributed by atoms with E-state index in [-0.39, 0.29) is 16.8 Å². The molecule has 0 aliphatic carbocycles. The molecular formula is C21H48O4SiZr. The van der Waals surface area contributed by atoms with Crippen LogP contribution in [0.2, 0.25) is 18.1 Å². The number of rotatable bonds is 11. The molecule has 0 bridgehead atoms. The molecule has 0 saturated carbocycles. The summed E-state index contributed by atoms with van der Waals surface area (Å²) in [4.78, 5) is 0. The minimum absolute atomic E-state index is 0.378. The Kier molecular flexibility index (Phi) is 11.2.